The number of benzene rings is 1. The molecule has 3 rings (SSSR count). The van der Waals surface area contributed by atoms with E-state index in [0.717, 1.165) is 12.1 Å². The van der Waals surface area contributed by atoms with Crippen molar-refractivity contribution in [3.8, 4) is 0 Å². The minimum Gasteiger partial charge on any atom is -0.408 e. The zero-order valence-corrected chi connectivity index (χ0v) is 11.3. The number of fused-ring (bicyclic) bond motifs is 1. The van der Waals surface area contributed by atoms with E-state index in [9.17, 15) is 9.59 Å². The quantitative estimate of drug-likeness (QED) is 0.905. The number of oxazole rings is 1. The highest BCUT2D eigenvalue weighted by Crippen LogP contribution is 2.25. The molecule has 1 saturated carbocycles. The van der Waals surface area contributed by atoms with Gasteiger partial charge in [0.2, 0.25) is 5.91 Å². The van der Waals surface area contributed by atoms with Gasteiger partial charge in [0.05, 0.1) is 5.52 Å². The highest BCUT2D eigenvalue weighted by atomic mass is 16.4. The highest BCUT2D eigenvalue weighted by molar-refractivity contribution is 5.76. The Morgan fingerprint density at radius 3 is 2.90 bits per heavy atom. The summed E-state index contributed by atoms with van der Waals surface area (Å²) in [6.07, 6.45) is 4.01. The van der Waals surface area contributed by atoms with Crippen LogP contribution in [0.15, 0.2) is 33.5 Å². The Morgan fingerprint density at radius 1 is 1.35 bits per heavy atom. The lowest BCUT2D eigenvalue weighted by molar-refractivity contribution is -0.121. The summed E-state index contributed by atoms with van der Waals surface area (Å²) in [6, 6.07) is 7.25. The van der Waals surface area contributed by atoms with Crippen LogP contribution in [-0.4, -0.2) is 17.0 Å². The molecule has 20 heavy (non-hydrogen) atoms. The van der Waals surface area contributed by atoms with Gasteiger partial charge in [-0.3, -0.25) is 9.36 Å². The van der Waals surface area contributed by atoms with Crippen molar-refractivity contribution < 1.29 is 9.21 Å². The SMILES string of the molecule is O=C(CCn1c(=O)oc2ccccc21)NCC1CCC1. The Labute approximate surface area is 116 Å². The molecule has 0 bridgehead atoms. The van der Waals surface area contributed by atoms with Gasteiger partial charge in [-0.05, 0) is 30.9 Å². The number of aryl methyl sites for hydroxylation is 1. The number of aromatic nitrogens is 1. The molecule has 1 aromatic carbocycles. The average molecular weight is 274 g/mol. The van der Waals surface area contributed by atoms with E-state index in [-0.39, 0.29) is 5.91 Å². The first-order chi connectivity index (χ1) is 9.74. The Bertz CT molecular complexity index is 667. The van der Waals surface area contributed by atoms with Gasteiger partial charge in [0, 0.05) is 19.5 Å². The molecule has 0 spiro atoms. The van der Waals surface area contributed by atoms with Crippen molar-refractivity contribution >= 4 is 17.0 Å². The van der Waals surface area contributed by atoms with E-state index in [1.54, 1.807) is 6.07 Å². The van der Waals surface area contributed by atoms with Crippen molar-refractivity contribution in [3.05, 3.63) is 34.8 Å². The number of amides is 1. The van der Waals surface area contributed by atoms with E-state index in [1.807, 2.05) is 18.2 Å². The Kier molecular flexibility index (Phi) is 3.58. The van der Waals surface area contributed by atoms with Crippen LogP contribution in [0.1, 0.15) is 25.7 Å². The summed E-state index contributed by atoms with van der Waals surface area (Å²) in [5.74, 6) is 0.239. The van der Waals surface area contributed by atoms with Crippen LogP contribution in [0.3, 0.4) is 0 Å². The standard InChI is InChI=1S/C15H18N2O3/c18-14(16-10-11-4-3-5-11)8-9-17-12-6-1-2-7-13(12)20-15(17)19/h1-2,6-7,11H,3-5,8-10H2,(H,16,18). The lowest BCUT2D eigenvalue weighted by atomic mass is 9.85. The zero-order chi connectivity index (χ0) is 13.9. The third kappa shape index (κ3) is 2.61. The van der Waals surface area contributed by atoms with Gasteiger partial charge < -0.3 is 9.73 Å². The average Bonchev–Trinajstić information content (AvgIpc) is 2.70. The molecular formula is C15H18N2O3. The first-order valence-corrected chi connectivity index (χ1v) is 7.09. The molecule has 1 heterocycles. The van der Waals surface area contributed by atoms with E-state index >= 15 is 0 Å². The second-order valence-electron chi connectivity index (χ2n) is 5.34. The molecule has 5 heteroatoms. The van der Waals surface area contributed by atoms with Crippen molar-refractivity contribution in [3.63, 3.8) is 0 Å². The minimum atomic E-state index is -0.405. The summed E-state index contributed by atoms with van der Waals surface area (Å²) < 4.78 is 6.64. The number of rotatable bonds is 5. The fraction of sp³-hybridized carbons (Fsp3) is 0.467. The van der Waals surface area contributed by atoms with Crippen molar-refractivity contribution in [1.29, 1.82) is 0 Å². The topological polar surface area (TPSA) is 64.2 Å². The number of carbonyl (C=O) groups is 1. The third-order valence-electron chi connectivity index (χ3n) is 3.95. The van der Waals surface area contributed by atoms with Gasteiger partial charge in [0.25, 0.3) is 0 Å². The second-order valence-corrected chi connectivity index (χ2v) is 5.34. The molecule has 1 fully saturated rings. The van der Waals surface area contributed by atoms with Crippen molar-refractivity contribution in [1.82, 2.24) is 9.88 Å². The van der Waals surface area contributed by atoms with E-state index in [0.29, 0.717) is 24.5 Å². The summed E-state index contributed by atoms with van der Waals surface area (Å²) in [5, 5.41) is 2.93. The molecule has 106 valence electrons. The third-order valence-corrected chi connectivity index (χ3v) is 3.95. The van der Waals surface area contributed by atoms with Crippen molar-refractivity contribution in [2.45, 2.75) is 32.2 Å². The summed E-state index contributed by atoms with van der Waals surface area (Å²) in [6.45, 7) is 1.12. The Balaban J connectivity index is 1.60. The number of hydrogen-bond acceptors (Lipinski definition) is 3. The lowest BCUT2D eigenvalue weighted by Gasteiger charge is -2.25. The fourth-order valence-electron chi connectivity index (χ4n) is 2.48. The maximum atomic E-state index is 11.8. The van der Waals surface area contributed by atoms with Gasteiger partial charge in [0.15, 0.2) is 5.58 Å². The van der Waals surface area contributed by atoms with E-state index < -0.39 is 5.76 Å². The van der Waals surface area contributed by atoms with Gasteiger partial charge >= 0.3 is 5.76 Å². The van der Waals surface area contributed by atoms with Crippen LogP contribution < -0.4 is 11.1 Å². The maximum Gasteiger partial charge on any atom is 0.419 e. The van der Waals surface area contributed by atoms with Gasteiger partial charge in [0.1, 0.15) is 0 Å². The first-order valence-electron chi connectivity index (χ1n) is 7.09. The van der Waals surface area contributed by atoms with Crippen LogP contribution in [0.5, 0.6) is 0 Å². The summed E-state index contributed by atoms with van der Waals surface area (Å²) >= 11 is 0. The number of hydrogen-bond donors (Lipinski definition) is 1. The van der Waals surface area contributed by atoms with Crippen LogP contribution in [0.4, 0.5) is 0 Å². The highest BCUT2D eigenvalue weighted by Gasteiger charge is 2.18. The molecule has 0 atom stereocenters. The monoisotopic (exact) mass is 274 g/mol. The number of nitrogens with zero attached hydrogens (tertiary/aromatic N) is 1. The molecule has 0 unspecified atom stereocenters. The van der Waals surface area contributed by atoms with E-state index in [2.05, 4.69) is 5.32 Å². The number of carbonyl (C=O) groups excluding carboxylic acids is 1. The summed E-state index contributed by atoms with van der Waals surface area (Å²) in [5.41, 5.74) is 1.30. The van der Waals surface area contributed by atoms with Gasteiger partial charge in [-0.2, -0.15) is 0 Å². The first kappa shape index (κ1) is 13.0. The molecule has 0 saturated heterocycles. The van der Waals surface area contributed by atoms with Crippen LogP contribution in [0, 0.1) is 5.92 Å². The van der Waals surface area contributed by atoms with Crippen molar-refractivity contribution in [2.24, 2.45) is 5.92 Å². The normalized spacial score (nSPS) is 15.2. The maximum absolute atomic E-state index is 11.8. The lowest BCUT2D eigenvalue weighted by Crippen LogP contribution is -2.33. The number of para-hydroxylation sites is 2. The van der Waals surface area contributed by atoms with Crippen LogP contribution in [0.25, 0.3) is 11.1 Å². The Hall–Kier alpha value is -2.04. The van der Waals surface area contributed by atoms with Gasteiger partial charge in [-0.1, -0.05) is 18.6 Å². The minimum absolute atomic E-state index is 0.00548. The molecule has 1 aliphatic rings. The Morgan fingerprint density at radius 2 is 2.15 bits per heavy atom. The number of nitrogens with one attached hydrogen (secondary N) is 1. The summed E-state index contributed by atoms with van der Waals surface area (Å²) in [7, 11) is 0. The van der Waals surface area contributed by atoms with Crippen LogP contribution in [-0.2, 0) is 11.3 Å². The predicted octanol–water partition coefficient (Wildman–Crippen LogP) is 1.90. The van der Waals surface area contributed by atoms with E-state index in [1.165, 1.54) is 23.8 Å². The smallest absolute Gasteiger partial charge is 0.408 e. The molecule has 2 aromatic rings. The molecule has 1 aliphatic carbocycles. The molecule has 1 N–H and O–H groups in total. The molecule has 1 aromatic heterocycles. The van der Waals surface area contributed by atoms with Gasteiger partial charge in [-0.25, -0.2) is 4.79 Å². The van der Waals surface area contributed by atoms with Crippen molar-refractivity contribution in [2.75, 3.05) is 6.54 Å². The second kappa shape index (κ2) is 5.53. The summed E-state index contributed by atoms with van der Waals surface area (Å²) in [4.78, 5) is 23.5. The predicted molar refractivity (Wildman–Crippen MR) is 75.4 cm³/mol. The van der Waals surface area contributed by atoms with E-state index in [4.69, 9.17) is 4.42 Å². The zero-order valence-electron chi connectivity index (χ0n) is 11.3. The molecule has 5 nitrogen and oxygen atoms in total. The fourth-order valence-corrected chi connectivity index (χ4v) is 2.48. The van der Waals surface area contributed by atoms with Gasteiger partial charge in [-0.15, -0.1) is 0 Å². The largest absolute Gasteiger partial charge is 0.419 e. The molecule has 1 amide bonds. The molecular weight excluding hydrogens is 256 g/mol. The van der Waals surface area contributed by atoms with Crippen LogP contribution >= 0.6 is 0 Å². The molecule has 0 aliphatic heterocycles. The van der Waals surface area contributed by atoms with Crippen LogP contribution in [0.2, 0.25) is 0 Å². The molecule has 0 radical (unpaired) electrons.